The van der Waals surface area contributed by atoms with Crippen LogP contribution in [0, 0.1) is 0 Å². The number of benzene rings is 1. The second-order valence-corrected chi connectivity index (χ2v) is 10.5. The second kappa shape index (κ2) is 11.4. The third kappa shape index (κ3) is 5.65. The molecule has 0 aromatic heterocycles. The van der Waals surface area contributed by atoms with Gasteiger partial charge in [-0.25, -0.2) is 0 Å². The Morgan fingerprint density at radius 2 is 1.78 bits per heavy atom. The van der Waals surface area contributed by atoms with E-state index in [1.54, 1.807) is 11.0 Å². The first kappa shape index (κ1) is 26.0. The van der Waals surface area contributed by atoms with Crippen LogP contribution < -0.4 is 10.1 Å². The summed E-state index contributed by atoms with van der Waals surface area (Å²) in [5.74, 6) is -0.219. The van der Waals surface area contributed by atoms with Crippen LogP contribution in [0.25, 0.3) is 0 Å². The summed E-state index contributed by atoms with van der Waals surface area (Å²) in [5.41, 5.74) is 1.39. The highest BCUT2D eigenvalue weighted by atomic mass is 19.1. The first-order chi connectivity index (χ1) is 18.0. The molecular weight excluding hydrogens is 484 g/mol. The fourth-order valence-corrected chi connectivity index (χ4v) is 6.05. The average molecular weight is 520 g/mol. The van der Waals surface area contributed by atoms with Gasteiger partial charge in [-0.1, -0.05) is 6.42 Å². The van der Waals surface area contributed by atoms with E-state index in [-0.39, 0.29) is 55.4 Å². The van der Waals surface area contributed by atoms with Crippen molar-refractivity contribution >= 4 is 17.7 Å². The van der Waals surface area contributed by atoms with Gasteiger partial charge in [0.1, 0.15) is 17.9 Å². The van der Waals surface area contributed by atoms with Gasteiger partial charge in [0.05, 0.1) is 25.6 Å². The van der Waals surface area contributed by atoms with E-state index in [1.165, 1.54) is 0 Å². The van der Waals surface area contributed by atoms with Crippen LogP contribution in [0.3, 0.4) is 0 Å². The molecule has 0 bridgehead atoms. The van der Waals surface area contributed by atoms with E-state index < -0.39 is 25.3 Å². The zero-order valence-corrected chi connectivity index (χ0v) is 21.0. The van der Waals surface area contributed by atoms with Gasteiger partial charge >= 0.3 is 0 Å². The summed E-state index contributed by atoms with van der Waals surface area (Å²) in [5, 5.41) is 2.33. The number of imide groups is 1. The maximum Gasteiger partial charge on any atom is 0.255 e. The van der Waals surface area contributed by atoms with Gasteiger partial charge in [-0.15, -0.1) is 0 Å². The number of rotatable bonds is 10. The van der Waals surface area contributed by atoms with Crippen LogP contribution in [0.4, 0.5) is 8.78 Å². The van der Waals surface area contributed by atoms with Gasteiger partial charge < -0.3 is 14.4 Å². The highest BCUT2D eigenvalue weighted by Crippen LogP contribution is 2.34. The Kier molecular flexibility index (Phi) is 8.04. The van der Waals surface area contributed by atoms with Crippen LogP contribution in [-0.2, 0) is 20.9 Å². The highest BCUT2D eigenvalue weighted by molar-refractivity contribution is 6.05. The van der Waals surface area contributed by atoms with Gasteiger partial charge in [0, 0.05) is 50.5 Å². The Morgan fingerprint density at radius 3 is 2.51 bits per heavy atom. The Labute approximate surface area is 215 Å². The Morgan fingerprint density at radius 1 is 1.03 bits per heavy atom. The molecule has 1 N–H and O–H groups in total. The molecule has 3 atom stereocenters. The Bertz CT molecular complexity index is 1010. The van der Waals surface area contributed by atoms with Gasteiger partial charge in [-0.2, -0.15) is 0 Å². The molecule has 0 spiro atoms. The van der Waals surface area contributed by atoms with Crippen molar-refractivity contribution in [2.45, 2.75) is 88.3 Å². The van der Waals surface area contributed by atoms with Crippen molar-refractivity contribution in [2.24, 2.45) is 0 Å². The van der Waals surface area contributed by atoms with E-state index in [9.17, 15) is 23.2 Å². The summed E-state index contributed by atoms with van der Waals surface area (Å²) >= 11 is 0. The van der Waals surface area contributed by atoms with E-state index in [1.807, 2.05) is 12.1 Å². The third-order valence-corrected chi connectivity index (χ3v) is 8.04. The smallest absolute Gasteiger partial charge is 0.255 e. The molecule has 37 heavy (non-hydrogen) atoms. The Balaban J connectivity index is 1.19. The van der Waals surface area contributed by atoms with E-state index in [2.05, 4.69) is 10.2 Å². The van der Waals surface area contributed by atoms with Gasteiger partial charge in [0.15, 0.2) is 0 Å². The minimum absolute atomic E-state index is 0.00331. The first-order valence-corrected chi connectivity index (χ1v) is 13.4. The highest BCUT2D eigenvalue weighted by Gasteiger charge is 2.41. The molecule has 1 unspecified atom stereocenters. The molecule has 3 aliphatic heterocycles. The molecule has 1 aromatic rings. The second-order valence-electron chi connectivity index (χ2n) is 10.5. The van der Waals surface area contributed by atoms with Crippen LogP contribution in [0.15, 0.2) is 18.2 Å². The number of nitrogens with zero attached hydrogens (tertiary/aromatic N) is 2. The van der Waals surface area contributed by atoms with Crippen molar-refractivity contribution in [3.8, 4) is 5.75 Å². The molecule has 2 saturated heterocycles. The third-order valence-electron chi connectivity index (χ3n) is 8.04. The van der Waals surface area contributed by atoms with Crippen molar-refractivity contribution in [3.05, 3.63) is 29.3 Å². The van der Waals surface area contributed by atoms with Crippen LogP contribution in [-0.4, -0.2) is 84.4 Å². The average Bonchev–Trinajstić information content (AvgIpc) is 3.17. The number of carbonyl (C=O) groups excluding carboxylic acids is 3. The van der Waals surface area contributed by atoms with Gasteiger partial charge in [-0.05, 0) is 49.4 Å². The SMILES string of the molecule is O=C1CCC(N2Cc3cc(O[C@H]4CCCC[C@@H]4N4CC(OC(CCF)CCF)C4)ccc3C2=O)C(=O)N1. The number of carbonyl (C=O) groups is 3. The number of ether oxygens (including phenoxy) is 2. The number of alkyl halides is 2. The standard InChI is InChI=1S/C27H35F2N3O5/c28-11-9-18(10-12-29)36-20-15-31(16-20)22-3-1-2-4-24(22)37-19-5-6-21-17(13-19)14-32(27(21)35)23-7-8-25(33)30-26(23)34/h5-6,13,18,20,22-24H,1-4,7-12,14-16H2,(H,30,33,34)/t22-,23?,24-/m0/s1. The lowest BCUT2D eigenvalue weighted by atomic mass is 9.89. The Hall–Kier alpha value is -2.59. The number of hydrogen-bond acceptors (Lipinski definition) is 6. The van der Waals surface area contributed by atoms with Crippen LogP contribution in [0.2, 0.25) is 0 Å². The molecule has 1 aromatic carbocycles. The number of piperidine rings is 1. The van der Waals surface area contributed by atoms with E-state index >= 15 is 0 Å². The molecule has 5 rings (SSSR count). The quantitative estimate of drug-likeness (QED) is 0.479. The molecule has 10 heteroatoms. The fourth-order valence-electron chi connectivity index (χ4n) is 6.05. The monoisotopic (exact) mass is 519 g/mol. The molecule has 3 heterocycles. The molecule has 1 aliphatic carbocycles. The number of hydrogen-bond donors (Lipinski definition) is 1. The molecule has 3 fully saturated rings. The van der Waals surface area contributed by atoms with E-state index in [0.29, 0.717) is 24.3 Å². The molecule has 202 valence electrons. The van der Waals surface area contributed by atoms with Crippen molar-refractivity contribution in [2.75, 3.05) is 26.4 Å². The van der Waals surface area contributed by atoms with Crippen LogP contribution in [0.5, 0.6) is 5.75 Å². The van der Waals surface area contributed by atoms with E-state index in [4.69, 9.17) is 9.47 Å². The number of nitrogens with one attached hydrogen (secondary N) is 1. The maximum absolute atomic E-state index is 13.0. The number of likely N-dealkylation sites (tertiary alicyclic amines) is 1. The zero-order valence-electron chi connectivity index (χ0n) is 21.0. The zero-order chi connectivity index (χ0) is 25.9. The molecule has 1 saturated carbocycles. The first-order valence-electron chi connectivity index (χ1n) is 13.4. The lowest BCUT2D eigenvalue weighted by molar-refractivity contribution is -0.136. The van der Waals surface area contributed by atoms with Gasteiger partial charge in [-0.3, -0.25) is 33.4 Å². The van der Waals surface area contributed by atoms with Gasteiger partial charge in [0.25, 0.3) is 5.91 Å². The van der Waals surface area contributed by atoms with Crippen LogP contribution >= 0.6 is 0 Å². The van der Waals surface area contributed by atoms with Crippen LogP contribution in [0.1, 0.15) is 67.3 Å². The maximum atomic E-state index is 13.0. The van der Waals surface area contributed by atoms with Crippen molar-refractivity contribution < 1.29 is 32.6 Å². The number of fused-ring (bicyclic) bond motifs is 1. The summed E-state index contributed by atoms with van der Waals surface area (Å²) in [7, 11) is 0. The molecule has 4 aliphatic rings. The molecule has 0 radical (unpaired) electrons. The van der Waals surface area contributed by atoms with Crippen molar-refractivity contribution in [1.82, 2.24) is 15.1 Å². The largest absolute Gasteiger partial charge is 0.489 e. The lowest BCUT2D eigenvalue weighted by Gasteiger charge is -2.48. The molecule has 3 amide bonds. The molecular formula is C27H35F2N3O5. The van der Waals surface area contributed by atoms with Gasteiger partial charge in [0.2, 0.25) is 11.8 Å². The summed E-state index contributed by atoms with van der Waals surface area (Å²) in [6.45, 7) is 0.781. The number of amides is 3. The predicted octanol–water partition coefficient (Wildman–Crippen LogP) is 2.93. The number of halogens is 2. The topological polar surface area (TPSA) is 88.2 Å². The summed E-state index contributed by atoms with van der Waals surface area (Å²) < 4.78 is 37.9. The fraction of sp³-hybridized carbons (Fsp3) is 0.667. The minimum Gasteiger partial charge on any atom is -0.489 e. The summed E-state index contributed by atoms with van der Waals surface area (Å²) in [6.07, 6.45) is 4.81. The van der Waals surface area contributed by atoms with Crippen molar-refractivity contribution in [3.63, 3.8) is 0 Å². The van der Waals surface area contributed by atoms with Crippen molar-refractivity contribution in [1.29, 1.82) is 0 Å². The summed E-state index contributed by atoms with van der Waals surface area (Å²) in [4.78, 5) is 40.6. The molecule has 8 nitrogen and oxygen atoms in total. The predicted molar refractivity (Wildman–Crippen MR) is 131 cm³/mol. The normalized spacial score (nSPS) is 26.8. The lowest BCUT2D eigenvalue weighted by Crippen LogP contribution is -2.61. The minimum atomic E-state index is -0.638. The van der Waals surface area contributed by atoms with E-state index in [0.717, 1.165) is 44.3 Å². The summed E-state index contributed by atoms with van der Waals surface area (Å²) in [6, 6.07) is 5.08.